The van der Waals surface area contributed by atoms with Gasteiger partial charge in [-0.2, -0.15) is 18.3 Å². The highest BCUT2D eigenvalue weighted by Gasteiger charge is 2.40. The average Bonchev–Trinajstić information content (AvgIpc) is 3.05. The Kier molecular flexibility index (Phi) is 6.88. The fourth-order valence-electron chi connectivity index (χ4n) is 3.57. The summed E-state index contributed by atoms with van der Waals surface area (Å²) in [6.45, 7) is -0.206. The maximum Gasteiger partial charge on any atom is 0.435 e. The van der Waals surface area contributed by atoms with Crippen molar-refractivity contribution in [2.75, 3.05) is 6.54 Å². The Labute approximate surface area is 180 Å². The Bertz CT molecular complexity index is 991. The molecule has 1 aliphatic rings. The number of hydrogen-bond donors (Lipinski definition) is 1. The van der Waals surface area contributed by atoms with Gasteiger partial charge in [0.1, 0.15) is 5.82 Å². The first-order chi connectivity index (χ1) is 14.6. The van der Waals surface area contributed by atoms with E-state index in [1.165, 1.54) is 17.0 Å². The second-order valence-electron chi connectivity index (χ2n) is 7.33. The number of alkyl halides is 3. The zero-order chi connectivity index (χ0) is 22.8. The van der Waals surface area contributed by atoms with Crippen molar-refractivity contribution < 1.29 is 32.3 Å². The van der Waals surface area contributed by atoms with Crippen LogP contribution >= 0.6 is 11.6 Å². The van der Waals surface area contributed by atoms with Crippen LogP contribution in [0.15, 0.2) is 18.2 Å². The summed E-state index contributed by atoms with van der Waals surface area (Å²) >= 11 is 5.73. The Hall–Kier alpha value is -2.62. The van der Waals surface area contributed by atoms with E-state index in [4.69, 9.17) is 16.7 Å². The van der Waals surface area contributed by atoms with Crippen LogP contribution in [0, 0.1) is 5.82 Å². The summed E-state index contributed by atoms with van der Waals surface area (Å²) < 4.78 is 55.8. The van der Waals surface area contributed by atoms with Gasteiger partial charge in [-0.25, -0.2) is 4.39 Å². The number of amides is 1. The molecule has 0 spiro atoms. The molecule has 0 atom stereocenters. The third-order valence-electron chi connectivity index (χ3n) is 5.13. The molecule has 11 heteroatoms. The molecule has 6 nitrogen and oxygen atoms in total. The first-order valence-corrected chi connectivity index (χ1v) is 10.0. The number of carboxylic acid groups (broad SMARTS) is 1. The minimum absolute atomic E-state index is 0.0109. The molecule has 2 aromatic rings. The quantitative estimate of drug-likeness (QED) is 0.493. The number of aromatic nitrogens is 2. The summed E-state index contributed by atoms with van der Waals surface area (Å²) in [6.07, 6.45) is -3.92. The lowest BCUT2D eigenvalue weighted by Crippen LogP contribution is -2.37. The van der Waals surface area contributed by atoms with Crippen LogP contribution in [0.1, 0.15) is 48.2 Å². The number of carbonyl (C=O) groups excluding carboxylic acids is 1. The number of unbranched alkanes of at least 4 members (excludes halogenated alkanes) is 1. The van der Waals surface area contributed by atoms with Gasteiger partial charge in [0.15, 0.2) is 5.69 Å². The molecule has 0 radical (unpaired) electrons. The monoisotopic (exact) mass is 461 g/mol. The van der Waals surface area contributed by atoms with E-state index in [9.17, 15) is 27.2 Å². The van der Waals surface area contributed by atoms with Gasteiger partial charge in [0, 0.05) is 35.5 Å². The number of halogens is 5. The predicted molar refractivity (Wildman–Crippen MR) is 103 cm³/mol. The van der Waals surface area contributed by atoms with Crippen LogP contribution in [0.25, 0.3) is 0 Å². The Morgan fingerprint density at radius 2 is 1.90 bits per heavy atom. The van der Waals surface area contributed by atoms with Crippen LogP contribution in [0.4, 0.5) is 17.6 Å². The van der Waals surface area contributed by atoms with Gasteiger partial charge < -0.3 is 10.0 Å². The van der Waals surface area contributed by atoms with Gasteiger partial charge in [-0.3, -0.25) is 14.3 Å². The number of fused-ring (bicyclic) bond motifs is 1. The standard InChI is InChI=1S/C20H20ClF4N3O3/c21-13-6-5-12(15(22)9-13)10-28-16-11-27(17(29)3-1-2-4-18(30)31)8-7-14(16)19(26-28)20(23,24)25/h5-6,9H,1-4,7-8,10-11H2,(H,30,31). The number of aliphatic carboxylic acids is 1. The van der Waals surface area contributed by atoms with E-state index in [0.717, 1.165) is 10.7 Å². The normalized spacial score (nSPS) is 13.9. The van der Waals surface area contributed by atoms with Crippen molar-refractivity contribution in [3.63, 3.8) is 0 Å². The maximum absolute atomic E-state index is 14.2. The third kappa shape index (κ3) is 5.55. The van der Waals surface area contributed by atoms with E-state index in [1.807, 2.05) is 0 Å². The number of nitrogens with zero attached hydrogens (tertiary/aromatic N) is 3. The SMILES string of the molecule is O=C(O)CCCCC(=O)N1CCc2c(C(F)(F)F)nn(Cc3ccc(Cl)cc3F)c2C1. The molecule has 1 aromatic heterocycles. The minimum atomic E-state index is -4.67. The Morgan fingerprint density at radius 3 is 2.55 bits per heavy atom. The lowest BCUT2D eigenvalue weighted by atomic mass is 10.0. The van der Waals surface area contributed by atoms with Gasteiger partial charge in [0.25, 0.3) is 0 Å². The van der Waals surface area contributed by atoms with E-state index in [1.54, 1.807) is 0 Å². The summed E-state index contributed by atoms with van der Waals surface area (Å²) in [4.78, 5) is 24.5. The van der Waals surface area contributed by atoms with E-state index < -0.39 is 23.7 Å². The molecule has 1 amide bonds. The Morgan fingerprint density at radius 1 is 1.19 bits per heavy atom. The smallest absolute Gasteiger partial charge is 0.435 e. The predicted octanol–water partition coefficient (Wildman–Crippen LogP) is 4.27. The van der Waals surface area contributed by atoms with Crippen molar-refractivity contribution >= 4 is 23.5 Å². The molecule has 0 bridgehead atoms. The summed E-state index contributed by atoms with van der Waals surface area (Å²) in [7, 11) is 0. The zero-order valence-corrected chi connectivity index (χ0v) is 17.1. The highest BCUT2D eigenvalue weighted by atomic mass is 35.5. The summed E-state index contributed by atoms with van der Waals surface area (Å²) in [5, 5.41) is 12.5. The first-order valence-electron chi connectivity index (χ1n) is 9.65. The molecule has 2 heterocycles. The van der Waals surface area contributed by atoms with Crippen molar-refractivity contribution in [3.05, 3.63) is 51.6 Å². The topological polar surface area (TPSA) is 75.4 Å². The number of benzene rings is 1. The second-order valence-corrected chi connectivity index (χ2v) is 7.77. The van der Waals surface area contributed by atoms with E-state index in [0.29, 0.717) is 12.8 Å². The number of rotatable bonds is 7. The fraction of sp³-hybridized carbons (Fsp3) is 0.450. The second kappa shape index (κ2) is 9.25. The van der Waals surface area contributed by atoms with Gasteiger partial charge in [-0.05, 0) is 31.4 Å². The van der Waals surface area contributed by atoms with Crippen LogP contribution in [0.3, 0.4) is 0 Å². The van der Waals surface area contributed by atoms with Crippen molar-refractivity contribution in [1.29, 1.82) is 0 Å². The molecule has 3 rings (SSSR count). The zero-order valence-electron chi connectivity index (χ0n) is 16.4. The van der Waals surface area contributed by atoms with Crippen LogP contribution < -0.4 is 0 Å². The van der Waals surface area contributed by atoms with Gasteiger partial charge in [0.05, 0.1) is 18.8 Å². The lowest BCUT2D eigenvalue weighted by Gasteiger charge is -2.28. The molecule has 1 aromatic carbocycles. The van der Waals surface area contributed by atoms with Gasteiger partial charge >= 0.3 is 12.1 Å². The van der Waals surface area contributed by atoms with Crippen molar-refractivity contribution in [2.24, 2.45) is 0 Å². The molecule has 1 N–H and O–H groups in total. The summed E-state index contributed by atoms with van der Waals surface area (Å²) in [6, 6.07) is 3.89. The first kappa shape index (κ1) is 23.1. The number of hydrogen-bond acceptors (Lipinski definition) is 3. The molecular weight excluding hydrogens is 442 g/mol. The highest BCUT2D eigenvalue weighted by Crippen LogP contribution is 2.35. The molecule has 0 saturated carbocycles. The number of carbonyl (C=O) groups is 2. The Balaban J connectivity index is 1.82. The number of carboxylic acids is 1. The van der Waals surface area contributed by atoms with Gasteiger partial charge in [0.2, 0.25) is 5.91 Å². The lowest BCUT2D eigenvalue weighted by molar-refractivity contribution is -0.142. The molecule has 0 aliphatic carbocycles. The molecule has 168 valence electrons. The van der Waals surface area contributed by atoms with Crippen molar-refractivity contribution in [3.8, 4) is 0 Å². The van der Waals surface area contributed by atoms with Crippen LogP contribution in [-0.2, 0) is 35.3 Å². The van der Waals surface area contributed by atoms with Crippen LogP contribution in [0.5, 0.6) is 0 Å². The molecular formula is C20H20ClF4N3O3. The molecule has 1 aliphatic heterocycles. The van der Waals surface area contributed by atoms with Crippen LogP contribution in [0.2, 0.25) is 5.02 Å². The third-order valence-corrected chi connectivity index (χ3v) is 5.36. The van der Waals surface area contributed by atoms with Crippen molar-refractivity contribution in [2.45, 2.75) is 51.4 Å². The van der Waals surface area contributed by atoms with Crippen molar-refractivity contribution in [1.82, 2.24) is 14.7 Å². The molecule has 31 heavy (non-hydrogen) atoms. The van der Waals surface area contributed by atoms with E-state index in [-0.39, 0.29) is 66.6 Å². The largest absolute Gasteiger partial charge is 0.481 e. The minimum Gasteiger partial charge on any atom is -0.481 e. The molecule has 0 fully saturated rings. The van der Waals surface area contributed by atoms with Gasteiger partial charge in [-0.1, -0.05) is 17.7 Å². The summed E-state index contributed by atoms with van der Waals surface area (Å²) in [5.74, 6) is -1.88. The van der Waals surface area contributed by atoms with E-state index >= 15 is 0 Å². The van der Waals surface area contributed by atoms with Gasteiger partial charge in [-0.15, -0.1) is 0 Å². The molecule has 0 unspecified atom stereocenters. The fourth-order valence-corrected chi connectivity index (χ4v) is 3.73. The maximum atomic E-state index is 14.2. The van der Waals surface area contributed by atoms with Crippen LogP contribution in [-0.4, -0.2) is 38.2 Å². The average molecular weight is 462 g/mol. The van der Waals surface area contributed by atoms with E-state index in [2.05, 4.69) is 5.10 Å². The highest BCUT2D eigenvalue weighted by molar-refractivity contribution is 6.30. The summed E-state index contributed by atoms with van der Waals surface area (Å²) in [5.41, 5.74) is -0.672. The molecule has 0 saturated heterocycles.